The molecule has 1 fully saturated rings. The summed E-state index contributed by atoms with van der Waals surface area (Å²) >= 11 is 0. The summed E-state index contributed by atoms with van der Waals surface area (Å²) in [5, 5.41) is 4.51. The zero-order valence-electron chi connectivity index (χ0n) is 22.5. The van der Waals surface area contributed by atoms with Crippen molar-refractivity contribution in [3.8, 4) is 11.4 Å². The molecule has 5 rings (SSSR count). The van der Waals surface area contributed by atoms with E-state index in [0.29, 0.717) is 30.1 Å². The van der Waals surface area contributed by atoms with Crippen molar-refractivity contribution in [2.24, 2.45) is 5.16 Å². The molecule has 11 heteroatoms. The van der Waals surface area contributed by atoms with E-state index in [1.807, 2.05) is 35.9 Å². The molecule has 206 valence electrons. The molecular weight excluding hydrogens is 521 g/mol. The first-order valence-corrected chi connectivity index (χ1v) is 14.6. The van der Waals surface area contributed by atoms with Crippen molar-refractivity contribution in [3.63, 3.8) is 0 Å². The van der Waals surface area contributed by atoms with Crippen LogP contribution in [0.1, 0.15) is 36.1 Å². The number of amidine groups is 1. The lowest BCUT2D eigenvalue weighted by atomic mass is 9.92. The number of methoxy groups -OCH3 is 1. The van der Waals surface area contributed by atoms with Crippen LogP contribution in [0.25, 0.3) is 11.8 Å². The van der Waals surface area contributed by atoms with E-state index in [9.17, 15) is 12.8 Å². The molecule has 0 spiro atoms. The first kappa shape index (κ1) is 26.9. The Bertz CT molecular complexity index is 1530. The van der Waals surface area contributed by atoms with E-state index < -0.39 is 15.7 Å². The number of rotatable bonds is 8. The number of piperidine rings is 1. The van der Waals surface area contributed by atoms with Gasteiger partial charge in [-0.15, -0.1) is 0 Å². The van der Waals surface area contributed by atoms with E-state index in [-0.39, 0.29) is 12.4 Å². The molecule has 0 amide bonds. The predicted octanol–water partition coefficient (Wildman–Crippen LogP) is 4.29. The molecule has 0 bridgehead atoms. The van der Waals surface area contributed by atoms with Crippen molar-refractivity contribution in [2.75, 3.05) is 33.5 Å². The number of halogens is 1. The van der Waals surface area contributed by atoms with Gasteiger partial charge in [-0.25, -0.2) is 22.1 Å². The molecule has 9 nitrogen and oxygen atoms in total. The Labute approximate surface area is 228 Å². The molecule has 0 unspecified atom stereocenters. The minimum Gasteiger partial charge on any atom is -0.495 e. The summed E-state index contributed by atoms with van der Waals surface area (Å²) in [5.74, 6) is 1.05. The Hall–Kier alpha value is -3.70. The maximum atomic E-state index is 13.8. The highest BCUT2D eigenvalue weighted by molar-refractivity contribution is 7.88. The van der Waals surface area contributed by atoms with Gasteiger partial charge in [0, 0.05) is 38.3 Å². The van der Waals surface area contributed by atoms with Crippen LogP contribution in [0.2, 0.25) is 0 Å². The fourth-order valence-electron chi connectivity index (χ4n) is 5.05. The highest BCUT2D eigenvalue weighted by atomic mass is 32.2. The molecule has 1 aromatic heterocycles. The molecule has 0 N–H and O–H groups in total. The van der Waals surface area contributed by atoms with Crippen LogP contribution in [0.3, 0.4) is 0 Å². The second-order valence-electron chi connectivity index (χ2n) is 9.91. The third-order valence-electron chi connectivity index (χ3n) is 7.25. The van der Waals surface area contributed by atoms with Gasteiger partial charge in [0.1, 0.15) is 11.6 Å². The van der Waals surface area contributed by atoms with Crippen LogP contribution in [0.4, 0.5) is 4.39 Å². The molecule has 2 aromatic carbocycles. The number of oxime groups is 1. The first-order valence-electron chi connectivity index (χ1n) is 12.7. The standard InChI is InChI=1S/C28H32FN5O4S/c1-20-18-33(19-30-20)25-12-7-21(17-26(25)37-3)16-22-6-5-14-34-27(22)31-38-28(34,13-15-32(2)39(4,35)36)23-8-10-24(29)11-9-23/h7-12,16-19H,5-6,13-15H2,1-4H3/b22-16+/t28-/m1/s1. The molecule has 2 aliphatic rings. The van der Waals surface area contributed by atoms with Crippen molar-refractivity contribution in [1.29, 1.82) is 0 Å². The summed E-state index contributed by atoms with van der Waals surface area (Å²) in [6.07, 6.45) is 8.90. The van der Waals surface area contributed by atoms with E-state index in [1.165, 1.54) is 29.7 Å². The minimum atomic E-state index is -3.39. The van der Waals surface area contributed by atoms with Crippen LogP contribution in [0.5, 0.6) is 5.75 Å². The SMILES string of the molecule is COc1cc(/C=C2\CCCN3C2=NO[C@]3(CCN(C)S(C)(=O)=O)c2ccc(F)cc2)ccc1-n1cnc(C)c1. The number of sulfonamides is 1. The molecule has 0 aliphatic carbocycles. The van der Waals surface area contributed by atoms with E-state index in [2.05, 4.69) is 21.1 Å². The van der Waals surface area contributed by atoms with Gasteiger partial charge in [0.25, 0.3) is 0 Å². The fourth-order valence-corrected chi connectivity index (χ4v) is 5.48. The summed E-state index contributed by atoms with van der Waals surface area (Å²) < 4.78 is 46.9. The zero-order chi connectivity index (χ0) is 27.8. The van der Waals surface area contributed by atoms with Crippen LogP contribution in [-0.4, -0.2) is 66.5 Å². The number of fused-ring (bicyclic) bond motifs is 1. The average molecular weight is 554 g/mol. The quantitative estimate of drug-likeness (QED) is 0.414. The number of aromatic nitrogens is 2. The van der Waals surface area contributed by atoms with Gasteiger partial charge in [-0.2, -0.15) is 0 Å². The topological polar surface area (TPSA) is 89.3 Å². The molecule has 39 heavy (non-hydrogen) atoms. The summed E-state index contributed by atoms with van der Waals surface area (Å²) in [6.45, 7) is 2.81. The Morgan fingerprint density at radius 3 is 2.67 bits per heavy atom. The van der Waals surface area contributed by atoms with Gasteiger partial charge >= 0.3 is 0 Å². The van der Waals surface area contributed by atoms with Gasteiger partial charge in [-0.05, 0) is 61.2 Å². The third-order valence-corrected chi connectivity index (χ3v) is 8.57. The van der Waals surface area contributed by atoms with Crippen molar-refractivity contribution < 1.29 is 22.4 Å². The first-order chi connectivity index (χ1) is 18.6. The van der Waals surface area contributed by atoms with Crippen molar-refractivity contribution >= 4 is 21.9 Å². The summed E-state index contributed by atoms with van der Waals surface area (Å²) in [4.78, 5) is 12.5. The smallest absolute Gasteiger partial charge is 0.238 e. The van der Waals surface area contributed by atoms with Gasteiger partial charge in [0.15, 0.2) is 5.84 Å². The molecular formula is C28H32FN5O4S. The lowest BCUT2D eigenvalue weighted by Crippen LogP contribution is -2.50. The fraction of sp³-hybridized carbons (Fsp3) is 0.357. The second kappa shape index (κ2) is 10.5. The Morgan fingerprint density at radius 1 is 1.23 bits per heavy atom. The van der Waals surface area contributed by atoms with E-state index in [1.54, 1.807) is 25.6 Å². The van der Waals surface area contributed by atoms with Crippen LogP contribution in [-0.2, 0) is 20.6 Å². The molecule has 2 aliphatic heterocycles. The Balaban J connectivity index is 1.48. The van der Waals surface area contributed by atoms with Crippen LogP contribution in [0.15, 0.2) is 65.7 Å². The second-order valence-corrected chi connectivity index (χ2v) is 12.0. The van der Waals surface area contributed by atoms with E-state index in [0.717, 1.165) is 35.4 Å². The van der Waals surface area contributed by atoms with Crippen LogP contribution >= 0.6 is 0 Å². The normalized spacial score (nSPS) is 20.2. The monoisotopic (exact) mass is 553 g/mol. The number of nitrogens with zero attached hydrogens (tertiary/aromatic N) is 5. The molecule has 0 radical (unpaired) electrons. The van der Waals surface area contributed by atoms with Gasteiger partial charge in [0.2, 0.25) is 15.7 Å². The highest BCUT2D eigenvalue weighted by Crippen LogP contribution is 2.43. The third kappa shape index (κ3) is 5.28. The number of ether oxygens (including phenoxy) is 1. The lowest BCUT2D eigenvalue weighted by molar-refractivity contribution is -0.114. The average Bonchev–Trinajstić information content (AvgIpc) is 3.52. The summed E-state index contributed by atoms with van der Waals surface area (Å²) in [7, 11) is -0.211. The van der Waals surface area contributed by atoms with Gasteiger partial charge in [-0.3, -0.25) is 0 Å². The van der Waals surface area contributed by atoms with Crippen molar-refractivity contribution in [3.05, 3.63) is 83.2 Å². The van der Waals surface area contributed by atoms with Crippen molar-refractivity contribution in [2.45, 2.75) is 31.9 Å². The summed E-state index contributed by atoms with van der Waals surface area (Å²) in [6, 6.07) is 12.1. The van der Waals surface area contributed by atoms with E-state index >= 15 is 0 Å². The van der Waals surface area contributed by atoms with Crippen LogP contribution < -0.4 is 4.74 Å². The highest BCUT2D eigenvalue weighted by Gasteiger charge is 2.49. The van der Waals surface area contributed by atoms with E-state index in [4.69, 9.17) is 9.57 Å². The number of hydrogen-bond donors (Lipinski definition) is 0. The minimum absolute atomic E-state index is 0.209. The molecule has 0 saturated carbocycles. The van der Waals surface area contributed by atoms with Crippen LogP contribution in [0, 0.1) is 12.7 Å². The number of imidazole rings is 1. The predicted molar refractivity (Wildman–Crippen MR) is 147 cm³/mol. The van der Waals surface area contributed by atoms with Gasteiger partial charge < -0.3 is 19.0 Å². The van der Waals surface area contributed by atoms with Gasteiger partial charge in [-0.1, -0.05) is 23.4 Å². The summed E-state index contributed by atoms with van der Waals surface area (Å²) in [5.41, 5.74) is 3.41. The zero-order valence-corrected chi connectivity index (χ0v) is 23.3. The molecule has 1 saturated heterocycles. The van der Waals surface area contributed by atoms with Gasteiger partial charge in [0.05, 0.1) is 31.1 Å². The maximum absolute atomic E-state index is 13.8. The number of benzene rings is 2. The lowest BCUT2D eigenvalue weighted by Gasteiger charge is -2.40. The number of aryl methyl sites for hydroxylation is 1. The molecule has 1 atom stereocenters. The van der Waals surface area contributed by atoms with Crippen molar-refractivity contribution in [1.82, 2.24) is 18.8 Å². The maximum Gasteiger partial charge on any atom is 0.238 e. The Morgan fingerprint density at radius 2 is 2.00 bits per heavy atom. The Kier molecular flexibility index (Phi) is 7.21. The molecule has 3 aromatic rings. The number of hydrogen-bond acceptors (Lipinski definition) is 7. The largest absolute Gasteiger partial charge is 0.495 e. The molecule has 3 heterocycles.